The van der Waals surface area contributed by atoms with Crippen LogP contribution in [0.25, 0.3) is 10.8 Å². The molecule has 0 aromatic heterocycles. The lowest BCUT2D eigenvalue weighted by molar-refractivity contribution is -0.140. The van der Waals surface area contributed by atoms with Gasteiger partial charge in [-0.05, 0) is 48.4 Å². The third-order valence-electron chi connectivity index (χ3n) is 5.27. The number of hydrogen-bond acceptors (Lipinski definition) is 4. The molecule has 1 aliphatic rings. The van der Waals surface area contributed by atoms with Crippen LogP contribution in [0.5, 0.6) is 11.5 Å². The summed E-state index contributed by atoms with van der Waals surface area (Å²) in [6.07, 6.45) is 5.82. The molecule has 0 spiro atoms. The van der Waals surface area contributed by atoms with Crippen LogP contribution in [0, 0.1) is 11.8 Å². The van der Waals surface area contributed by atoms with E-state index in [1.54, 1.807) is 36.4 Å². The molecular formula is C25H22O4. The number of fused-ring (bicyclic) bond motifs is 1. The van der Waals surface area contributed by atoms with E-state index >= 15 is 0 Å². The van der Waals surface area contributed by atoms with Crippen LogP contribution in [-0.4, -0.2) is 11.9 Å². The number of carbonyl (C=O) groups is 2. The van der Waals surface area contributed by atoms with Gasteiger partial charge in [-0.1, -0.05) is 61.5 Å². The topological polar surface area (TPSA) is 52.6 Å². The number of rotatable bonds is 4. The lowest BCUT2D eigenvalue weighted by Crippen LogP contribution is -2.27. The van der Waals surface area contributed by atoms with E-state index < -0.39 is 5.97 Å². The van der Waals surface area contributed by atoms with Crippen LogP contribution < -0.4 is 9.47 Å². The highest BCUT2D eigenvalue weighted by Crippen LogP contribution is 2.36. The zero-order chi connectivity index (χ0) is 20.2. The summed E-state index contributed by atoms with van der Waals surface area (Å²) in [6, 6.07) is 19.7. The number of esters is 2. The minimum absolute atomic E-state index is 0.140. The summed E-state index contributed by atoms with van der Waals surface area (Å²) in [5.41, 5.74) is 0.460. The highest BCUT2D eigenvalue weighted by Gasteiger charge is 2.27. The van der Waals surface area contributed by atoms with Crippen molar-refractivity contribution in [2.75, 3.05) is 0 Å². The molecule has 4 heteroatoms. The van der Waals surface area contributed by atoms with Gasteiger partial charge in [0.05, 0.1) is 16.9 Å². The van der Waals surface area contributed by atoms with Crippen LogP contribution in [0.1, 0.15) is 30.1 Å². The molecular weight excluding hydrogens is 364 g/mol. The first-order chi connectivity index (χ1) is 14.1. The van der Waals surface area contributed by atoms with Crippen LogP contribution >= 0.6 is 0 Å². The standard InChI is InChI=1S/C25H22O4/c1-17-9-5-6-14-20(17)25(27)29-22-16-8-13-18-12-7-15-21(23(18)22)28-24(26)19-10-3-2-4-11-19/h2-5,7-13,15-17,20H,6,14H2,1H3. The van der Waals surface area contributed by atoms with Gasteiger partial charge >= 0.3 is 11.9 Å². The van der Waals surface area contributed by atoms with E-state index in [2.05, 4.69) is 12.2 Å². The molecule has 29 heavy (non-hydrogen) atoms. The maximum atomic E-state index is 12.8. The van der Waals surface area contributed by atoms with Crippen molar-refractivity contribution >= 4 is 22.7 Å². The molecule has 0 fully saturated rings. The second kappa shape index (κ2) is 8.31. The quantitative estimate of drug-likeness (QED) is 0.334. The zero-order valence-electron chi connectivity index (χ0n) is 16.2. The largest absolute Gasteiger partial charge is 0.425 e. The number of ether oxygens (including phenoxy) is 2. The summed E-state index contributed by atoms with van der Waals surface area (Å²) >= 11 is 0. The molecule has 0 radical (unpaired) electrons. The molecule has 3 aromatic carbocycles. The second-order valence-corrected chi connectivity index (χ2v) is 7.26. The molecule has 0 N–H and O–H groups in total. The maximum absolute atomic E-state index is 12.8. The summed E-state index contributed by atoms with van der Waals surface area (Å²) in [5, 5.41) is 1.46. The van der Waals surface area contributed by atoms with Gasteiger partial charge in [-0.25, -0.2) is 4.79 Å². The van der Waals surface area contributed by atoms with Crippen molar-refractivity contribution < 1.29 is 19.1 Å². The minimum Gasteiger partial charge on any atom is -0.425 e. The van der Waals surface area contributed by atoms with Crippen molar-refractivity contribution in [2.45, 2.75) is 19.8 Å². The molecule has 4 rings (SSSR count). The molecule has 3 aromatic rings. The zero-order valence-corrected chi connectivity index (χ0v) is 16.2. The van der Waals surface area contributed by atoms with Crippen LogP contribution in [-0.2, 0) is 4.79 Å². The molecule has 0 saturated heterocycles. The maximum Gasteiger partial charge on any atom is 0.343 e. The Morgan fingerprint density at radius 1 is 0.862 bits per heavy atom. The fourth-order valence-electron chi connectivity index (χ4n) is 3.68. The molecule has 2 unspecified atom stereocenters. The van der Waals surface area contributed by atoms with E-state index in [9.17, 15) is 9.59 Å². The van der Waals surface area contributed by atoms with E-state index in [4.69, 9.17) is 9.47 Å². The Morgan fingerprint density at radius 3 is 2.24 bits per heavy atom. The molecule has 2 atom stereocenters. The van der Waals surface area contributed by atoms with Gasteiger partial charge in [-0.15, -0.1) is 0 Å². The smallest absolute Gasteiger partial charge is 0.343 e. The third-order valence-corrected chi connectivity index (χ3v) is 5.27. The Morgan fingerprint density at radius 2 is 1.55 bits per heavy atom. The molecule has 0 aliphatic heterocycles. The first-order valence-electron chi connectivity index (χ1n) is 9.81. The Kier molecular flexibility index (Phi) is 5.43. The highest BCUT2D eigenvalue weighted by atomic mass is 16.5. The van der Waals surface area contributed by atoms with Gasteiger partial charge < -0.3 is 9.47 Å². The Bertz CT molecular complexity index is 1060. The predicted octanol–water partition coefficient (Wildman–Crippen LogP) is 5.57. The number of carbonyl (C=O) groups excluding carboxylic acids is 2. The number of hydrogen-bond donors (Lipinski definition) is 0. The van der Waals surface area contributed by atoms with Gasteiger partial charge in [0.2, 0.25) is 0 Å². The van der Waals surface area contributed by atoms with Gasteiger partial charge in [0.1, 0.15) is 11.5 Å². The second-order valence-electron chi connectivity index (χ2n) is 7.26. The van der Waals surface area contributed by atoms with Gasteiger partial charge in [0, 0.05) is 0 Å². The average Bonchev–Trinajstić information content (AvgIpc) is 2.75. The van der Waals surface area contributed by atoms with Crippen molar-refractivity contribution in [1.29, 1.82) is 0 Å². The summed E-state index contributed by atoms with van der Waals surface area (Å²) in [5.74, 6) is 0.0433. The SMILES string of the molecule is CC1C=CCCC1C(=O)Oc1cccc2cccc(OC(=O)c3ccccc3)c12. The molecule has 4 nitrogen and oxygen atoms in total. The first kappa shape index (κ1) is 18.9. The van der Waals surface area contributed by atoms with Crippen LogP contribution in [0.2, 0.25) is 0 Å². The Labute approximate surface area is 169 Å². The first-order valence-corrected chi connectivity index (χ1v) is 9.81. The molecule has 0 amide bonds. The monoisotopic (exact) mass is 386 g/mol. The van der Waals surface area contributed by atoms with Crippen molar-refractivity contribution in [3.63, 3.8) is 0 Å². The van der Waals surface area contributed by atoms with Gasteiger partial charge in [-0.3, -0.25) is 4.79 Å². The van der Waals surface area contributed by atoms with Crippen molar-refractivity contribution in [3.05, 3.63) is 84.4 Å². The summed E-state index contributed by atoms with van der Waals surface area (Å²) in [4.78, 5) is 25.4. The number of benzene rings is 3. The Hall–Kier alpha value is -3.40. The van der Waals surface area contributed by atoms with Crippen LogP contribution in [0.3, 0.4) is 0 Å². The summed E-state index contributed by atoms with van der Waals surface area (Å²) in [6.45, 7) is 2.03. The number of allylic oxidation sites excluding steroid dienone is 2. The van der Waals surface area contributed by atoms with Crippen LogP contribution in [0.4, 0.5) is 0 Å². The summed E-state index contributed by atoms with van der Waals surface area (Å²) in [7, 11) is 0. The normalized spacial score (nSPS) is 18.4. The minimum atomic E-state index is -0.453. The van der Waals surface area contributed by atoms with E-state index in [-0.39, 0.29) is 17.8 Å². The molecule has 0 saturated carbocycles. The Balaban J connectivity index is 1.65. The molecule has 146 valence electrons. The van der Waals surface area contributed by atoms with E-state index in [1.165, 1.54) is 0 Å². The predicted molar refractivity (Wildman–Crippen MR) is 112 cm³/mol. The van der Waals surface area contributed by atoms with Gasteiger partial charge in [0.25, 0.3) is 0 Å². The molecule has 1 aliphatic carbocycles. The third kappa shape index (κ3) is 4.06. The fourth-order valence-corrected chi connectivity index (χ4v) is 3.68. The lowest BCUT2D eigenvalue weighted by Gasteiger charge is -2.23. The molecule has 0 bridgehead atoms. The van der Waals surface area contributed by atoms with Crippen molar-refractivity contribution in [3.8, 4) is 11.5 Å². The summed E-state index contributed by atoms with van der Waals surface area (Å²) < 4.78 is 11.5. The van der Waals surface area contributed by atoms with Crippen molar-refractivity contribution in [1.82, 2.24) is 0 Å². The average molecular weight is 386 g/mol. The van der Waals surface area contributed by atoms with Gasteiger partial charge in [0.15, 0.2) is 0 Å². The van der Waals surface area contributed by atoms with E-state index in [1.807, 2.05) is 37.3 Å². The lowest BCUT2D eigenvalue weighted by atomic mass is 9.85. The fraction of sp³-hybridized carbons (Fsp3) is 0.200. The molecule has 0 heterocycles. The van der Waals surface area contributed by atoms with Crippen LogP contribution in [0.15, 0.2) is 78.9 Å². The van der Waals surface area contributed by atoms with Crippen molar-refractivity contribution in [2.24, 2.45) is 11.8 Å². The van der Waals surface area contributed by atoms with E-state index in [0.29, 0.717) is 22.4 Å². The van der Waals surface area contributed by atoms with Gasteiger partial charge in [-0.2, -0.15) is 0 Å². The van der Waals surface area contributed by atoms with E-state index in [0.717, 1.165) is 18.2 Å². The highest BCUT2D eigenvalue weighted by molar-refractivity contribution is 5.99.